The van der Waals surface area contributed by atoms with E-state index in [0.717, 1.165) is 18.4 Å². The van der Waals surface area contributed by atoms with Gasteiger partial charge in [0, 0.05) is 36.7 Å². The summed E-state index contributed by atoms with van der Waals surface area (Å²) in [5.74, 6) is -0.812. The molecule has 11 heteroatoms. The molecule has 1 saturated carbocycles. The van der Waals surface area contributed by atoms with E-state index in [-0.39, 0.29) is 41.0 Å². The second-order valence-corrected chi connectivity index (χ2v) is 9.97. The van der Waals surface area contributed by atoms with Gasteiger partial charge in [0.1, 0.15) is 18.1 Å². The van der Waals surface area contributed by atoms with Crippen molar-refractivity contribution in [2.75, 3.05) is 20.2 Å². The first-order valence-electron chi connectivity index (χ1n) is 11.2. The molecule has 35 heavy (non-hydrogen) atoms. The molecular formula is C24H28ClFN4O4S. The number of thioether (sulfide) groups is 1. The Labute approximate surface area is 213 Å². The largest absolute Gasteiger partial charge is 0.468 e. The molecule has 2 atom stereocenters. The van der Waals surface area contributed by atoms with Crippen molar-refractivity contribution in [2.45, 2.75) is 44.0 Å². The first-order valence-corrected chi connectivity index (χ1v) is 12.1. The van der Waals surface area contributed by atoms with Gasteiger partial charge in [0.15, 0.2) is 10.9 Å². The van der Waals surface area contributed by atoms with E-state index in [1.54, 1.807) is 24.4 Å². The van der Waals surface area contributed by atoms with Crippen molar-refractivity contribution in [1.82, 2.24) is 19.9 Å². The lowest BCUT2D eigenvalue weighted by Gasteiger charge is -2.38. The molecule has 2 unspecified atom stereocenters. The van der Waals surface area contributed by atoms with Crippen LogP contribution in [0.2, 0.25) is 0 Å². The van der Waals surface area contributed by atoms with Crippen LogP contribution in [-0.4, -0.2) is 62.2 Å². The van der Waals surface area contributed by atoms with E-state index >= 15 is 0 Å². The number of esters is 1. The summed E-state index contributed by atoms with van der Waals surface area (Å²) in [7, 11) is 1.30. The summed E-state index contributed by atoms with van der Waals surface area (Å²) in [6.45, 7) is 2.43. The van der Waals surface area contributed by atoms with Crippen molar-refractivity contribution >= 4 is 47.1 Å². The molecule has 1 aliphatic heterocycles. The molecule has 188 valence electrons. The molecule has 4 rings (SSSR count). The Morgan fingerprint density at radius 1 is 1.26 bits per heavy atom. The Bertz CT molecular complexity index is 1120. The SMILES string of the molecule is COC(=O)Cn1cc(/C=C2/CN(C(C(=O)C3CC3)c3ccccc3F)CCC2SC(C)=O)nn1.Cl. The molecule has 1 aromatic heterocycles. The van der Waals surface area contributed by atoms with Crippen LogP contribution in [0.1, 0.15) is 43.5 Å². The third kappa shape index (κ3) is 6.77. The normalized spacial score (nSPS) is 20.2. The van der Waals surface area contributed by atoms with Gasteiger partial charge in [-0.1, -0.05) is 35.2 Å². The van der Waals surface area contributed by atoms with Crippen LogP contribution in [0.15, 0.2) is 36.0 Å². The monoisotopic (exact) mass is 522 g/mol. The van der Waals surface area contributed by atoms with E-state index in [0.29, 0.717) is 30.8 Å². The van der Waals surface area contributed by atoms with Crippen molar-refractivity contribution in [3.8, 4) is 0 Å². The van der Waals surface area contributed by atoms with E-state index in [4.69, 9.17) is 0 Å². The minimum atomic E-state index is -0.671. The van der Waals surface area contributed by atoms with Gasteiger partial charge < -0.3 is 4.74 Å². The molecule has 2 aromatic rings. The molecule has 2 fully saturated rings. The number of likely N-dealkylation sites (tertiary alicyclic amines) is 1. The Balaban J connectivity index is 0.00000342. The molecule has 0 amide bonds. The number of Topliss-reactive ketones (excluding diaryl/α,β-unsaturated/α-hetero) is 1. The van der Waals surface area contributed by atoms with Gasteiger partial charge in [0.25, 0.3) is 0 Å². The molecule has 1 aromatic carbocycles. The topological polar surface area (TPSA) is 94.4 Å². The average Bonchev–Trinajstić information content (AvgIpc) is 3.57. The van der Waals surface area contributed by atoms with Gasteiger partial charge in [-0.3, -0.25) is 19.3 Å². The fourth-order valence-corrected chi connectivity index (χ4v) is 5.16. The number of ketones is 1. The van der Waals surface area contributed by atoms with Gasteiger partial charge in [-0.05, 0) is 37.0 Å². The smallest absolute Gasteiger partial charge is 0.327 e. The highest BCUT2D eigenvalue weighted by Gasteiger charge is 2.41. The maximum atomic E-state index is 14.8. The number of rotatable bonds is 8. The second-order valence-electron chi connectivity index (χ2n) is 8.59. The van der Waals surface area contributed by atoms with Crippen LogP contribution in [-0.2, 0) is 25.7 Å². The number of halogens is 2. The summed E-state index contributed by atoms with van der Waals surface area (Å²) in [5.41, 5.74) is 1.83. The number of carbonyl (C=O) groups excluding carboxylic acids is 3. The summed E-state index contributed by atoms with van der Waals surface area (Å²) in [6, 6.07) is 5.77. The van der Waals surface area contributed by atoms with Gasteiger partial charge in [-0.15, -0.1) is 17.5 Å². The number of benzene rings is 1. The van der Waals surface area contributed by atoms with E-state index in [1.165, 1.54) is 36.5 Å². The standard InChI is InChI=1S/C24H27FN4O4S.ClH/c1-15(30)34-21-9-10-28(12-17(21)11-18-13-29(27-26-18)14-22(31)33-2)23(24(32)16-7-8-16)19-5-3-4-6-20(19)25;/h3-6,11,13,16,21,23H,7-10,12,14H2,1-2H3;1H/b17-11-;. The third-order valence-electron chi connectivity index (χ3n) is 6.01. The first kappa shape index (κ1) is 27.0. The summed E-state index contributed by atoms with van der Waals surface area (Å²) >= 11 is 1.24. The Kier molecular flexibility index (Phi) is 9.21. The van der Waals surface area contributed by atoms with Crippen LogP contribution in [0, 0.1) is 11.7 Å². The lowest BCUT2D eigenvalue weighted by molar-refractivity contribution is -0.141. The van der Waals surface area contributed by atoms with Crippen LogP contribution in [0.25, 0.3) is 6.08 Å². The van der Waals surface area contributed by atoms with Crippen molar-refractivity contribution in [3.63, 3.8) is 0 Å². The summed E-state index contributed by atoms with van der Waals surface area (Å²) in [5, 5.41) is 7.99. The van der Waals surface area contributed by atoms with E-state index in [9.17, 15) is 18.8 Å². The highest BCUT2D eigenvalue weighted by molar-refractivity contribution is 8.14. The maximum Gasteiger partial charge on any atom is 0.327 e. The molecule has 0 spiro atoms. The quantitative estimate of drug-likeness (QED) is 0.486. The van der Waals surface area contributed by atoms with Crippen LogP contribution < -0.4 is 0 Å². The fraction of sp³-hybridized carbons (Fsp3) is 0.458. The predicted molar refractivity (Wildman–Crippen MR) is 132 cm³/mol. The fourth-order valence-electron chi connectivity index (χ4n) is 4.24. The highest BCUT2D eigenvalue weighted by Crippen LogP contribution is 2.40. The van der Waals surface area contributed by atoms with Crippen molar-refractivity contribution in [3.05, 3.63) is 53.1 Å². The van der Waals surface area contributed by atoms with E-state index in [1.807, 2.05) is 11.0 Å². The number of methoxy groups -OCH3 is 1. The minimum absolute atomic E-state index is 0. The van der Waals surface area contributed by atoms with Gasteiger partial charge >= 0.3 is 5.97 Å². The molecule has 0 bridgehead atoms. The number of hydrogen-bond acceptors (Lipinski definition) is 8. The molecule has 8 nitrogen and oxygen atoms in total. The molecule has 0 N–H and O–H groups in total. The molecule has 0 radical (unpaired) electrons. The molecule has 2 heterocycles. The number of carbonyl (C=O) groups is 3. The third-order valence-corrected chi connectivity index (χ3v) is 7.16. The molecule has 1 aliphatic carbocycles. The summed E-state index contributed by atoms with van der Waals surface area (Å²) < 4.78 is 20.8. The maximum absolute atomic E-state index is 14.8. The zero-order valence-corrected chi connectivity index (χ0v) is 21.2. The average molecular weight is 523 g/mol. The molecule has 2 aliphatic rings. The van der Waals surface area contributed by atoms with Crippen LogP contribution in [0.4, 0.5) is 4.39 Å². The van der Waals surface area contributed by atoms with Gasteiger partial charge in [-0.2, -0.15) is 0 Å². The van der Waals surface area contributed by atoms with Crippen LogP contribution >= 0.6 is 24.2 Å². The minimum Gasteiger partial charge on any atom is -0.468 e. The summed E-state index contributed by atoms with van der Waals surface area (Å²) in [6.07, 6.45) is 5.78. The molecular weight excluding hydrogens is 495 g/mol. The first-order chi connectivity index (χ1) is 16.4. The van der Waals surface area contributed by atoms with E-state index < -0.39 is 17.8 Å². The van der Waals surface area contributed by atoms with Crippen LogP contribution in [0.5, 0.6) is 0 Å². The number of piperidine rings is 1. The lowest BCUT2D eigenvalue weighted by atomic mass is 9.93. The summed E-state index contributed by atoms with van der Waals surface area (Å²) in [4.78, 5) is 38.7. The molecule has 1 saturated heterocycles. The Morgan fingerprint density at radius 2 is 2.00 bits per heavy atom. The van der Waals surface area contributed by atoms with Crippen molar-refractivity contribution < 1.29 is 23.5 Å². The zero-order chi connectivity index (χ0) is 24.2. The number of aromatic nitrogens is 3. The highest BCUT2D eigenvalue weighted by atomic mass is 35.5. The van der Waals surface area contributed by atoms with Crippen molar-refractivity contribution in [1.29, 1.82) is 0 Å². The Morgan fingerprint density at radius 3 is 2.66 bits per heavy atom. The van der Waals surface area contributed by atoms with Gasteiger partial charge in [0.05, 0.1) is 19.3 Å². The second kappa shape index (κ2) is 11.9. The van der Waals surface area contributed by atoms with Gasteiger partial charge in [0.2, 0.25) is 0 Å². The Hall–Kier alpha value is -2.56. The zero-order valence-electron chi connectivity index (χ0n) is 19.6. The number of hydrogen-bond donors (Lipinski definition) is 0. The predicted octanol–water partition coefficient (Wildman–Crippen LogP) is 3.47. The van der Waals surface area contributed by atoms with Crippen molar-refractivity contribution in [2.24, 2.45) is 5.92 Å². The lowest BCUT2D eigenvalue weighted by Crippen LogP contribution is -2.43. The van der Waals surface area contributed by atoms with Crippen LogP contribution in [0.3, 0.4) is 0 Å². The van der Waals surface area contributed by atoms with E-state index in [2.05, 4.69) is 15.0 Å². The van der Waals surface area contributed by atoms with Gasteiger partial charge in [-0.25, -0.2) is 9.07 Å². The number of ether oxygens (including phenoxy) is 1. The number of nitrogens with zero attached hydrogens (tertiary/aromatic N) is 4.